The number of nitrogens with zero attached hydrogens (tertiary/aromatic N) is 3. The van der Waals surface area contributed by atoms with Crippen LogP contribution < -0.4 is 10.9 Å². The largest absolute Gasteiger partial charge is 0.321 e. The lowest BCUT2D eigenvalue weighted by molar-refractivity contribution is 0.103. The Kier molecular flexibility index (Phi) is 6.03. The fourth-order valence-corrected chi connectivity index (χ4v) is 4.29. The highest BCUT2D eigenvalue weighted by atomic mass is 32.1. The maximum absolute atomic E-state index is 13.5. The van der Waals surface area contributed by atoms with E-state index < -0.39 is 0 Å². The number of thiophene rings is 1. The van der Waals surface area contributed by atoms with Gasteiger partial charge in [0.05, 0.1) is 33.1 Å². The number of rotatable bonds is 5. The van der Waals surface area contributed by atoms with Gasteiger partial charge in [-0.1, -0.05) is 42.5 Å². The van der Waals surface area contributed by atoms with E-state index in [2.05, 4.69) is 11.4 Å². The smallest absolute Gasteiger partial charge is 0.266 e. The maximum atomic E-state index is 13.5. The van der Waals surface area contributed by atoms with Crippen LogP contribution in [-0.2, 0) is 0 Å². The summed E-state index contributed by atoms with van der Waals surface area (Å²) in [5.74, 6) is 0.238. The zero-order chi connectivity index (χ0) is 24.2. The van der Waals surface area contributed by atoms with E-state index >= 15 is 0 Å². The van der Waals surface area contributed by atoms with Gasteiger partial charge in [-0.25, -0.2) is 4.98 Å². The van der Waals surface area contributed by atoms with Gasteiger partial charge in [0, 0.05) is 5.69 Å². The van der Waals surface area contributed by atoms with E-state index in [0.717, 1.165) is 5.56 Å². The third-order valence-electron chi connectivity index (χ3n) is 5.37. The predicted molar refractivity (Wildman–Crippen MR) is 140 cm³/mol. The van der Waals surface area contributed by atoms with Crippen LogP contribution in [0.15, 0.2) is 95.1 Å². The number of hydrogen-bond acceptors (Lipinski definition) is 5. The molecule has 1 N–H and O–H groups in total. The van der Waals surface area contributed by atoms with Crippen molar-refractivity contribution in [1.29, 1.82) is 5.26 Å². The van der Waals surface area contributed by atoms with Gasteiger partial charge < -0.3 is 5.32 Å². The molecule has 0 aliphatic heterocycles. The SMILES string of the molecule is N#Cc1ccc(/C=C/c2nc3ccccc3c(=O)n2-c2cccc(NC(=O)c3cccs3)c2)cc1. The molecule has 0 radical (unpaired) electrons. The van der Waals surface area contributed by atoms with Crippen LogP contribution in [0.3, 0.4) is 0 Å². The molecule has 0 aliphatic rings. The summed E-state index contributed by atoms with van der Waals surface area (Å²) in [7, 11) is 0. The van der Waals surface area contributed by atoms with Gasteiger partial charge in [-0.05, 0) is 65.6 Å². The number of carbonyl (C=O) groups excluding carboxylic acids is 1. The summed E-state index contributed by atoms with van der Waals surface area (Å²) in [5, 5.41) is 14.3. The number of amides is 1. The van der Waals surface area contributed by atoms with Crippen LogP contribution in [0.2, 0.25) is 0 Å². The Morgan fingerprint density at radius 2 is 1.80 bits per heavy atom. The molecule has 0 saturated heterocycles. The number of aromatic nitrogens is 2. The third kappa shape index (κ3) is 4.64. The number of hydrogen-bond donors (Lipinski definition) is 1. The molecule has 6 nitrogen and oxygen atoms in total. The van der Waals surface area contributed by atoms with Crippen molar-refractivity contribution < 1.29 is 4.79 Å². The second-order valence-electron chi connectivity index (χ2n) is 7.68. The molecule has 0 aliphatic carbocycles. The summed E-state index contributed by atoms with van der Waals surface area (Å²) < 4.78 is 1.53. The molecule has 3 aromatic carbocycles. The average molecular weight is 475 g/mol. The minimum Gasteiger partial charge on any atom is -0.321 e. The lowest BCUT2D eigenvalue weighted by atomic mass is 10.1. The highest BCUT2D eigenvalue weighted by Crippen LogP contribution is 2.20. The van der Waals surface area contributed by atoms with Crippen LogP contribution in [-0.4, -0.2) is 15.5 Å². The first-order valence-corrected chi connectivity index (χ1v) is 11.7. The fourth-order valence-electron chi connectivity index (χ4n) is 3.67. The van der Waals surface area contributed by atoms with E-state index in [1.54, 1.807) is 66.7 Å². The Bertz CT molecular complexity index is 1660. The lowest BCUT2D eigenvalue weighted by Crippen LogP contribution is -2.22. The Balaban J connectivity index is 1.59. The van der Waals surface area contributed by atoms with Crippen LogP contribution in [0, 0.1) is 11.3 Å². The minimum atomic E-state index is -0.211. The van der Waals surface area contributed by atoms with Crippen LogP contribution in [0.25, 0.3) is 28.7 Å². The fraction of sp³-hybridized carbons (Fsp3) is 0. The van der Waals surface area contributed by atoms with E-state index in [4.69, 9.17) is 10.2 Å². The summed E-state index contributed by atoms with van der Waals surface area (Å²) in [6, 6.07) is 27.1. The molecule has 2 heterocycles. The summed E-state index contributed by atoms with van der Waals surface area (Å²) in [6.07, 6.45) is 3.61. The molecular weight excluding hydrogens is 456 g/mol. The van der Waals surface area contributed by atoms with Crippen LogP contribution >= 0.6 is 11.3 Å². The normalized spacial score (nSPS) is 10.9. The molecule has 168 valence electrons. The molecular formula is C28H18N4O2S. The quantitative estimate of drug-likeness (QED) is 0.352. The maximum Gasteiger partial charge on any atom is 0.266 e. The summed E-state index contributed by atoms with van der Waals surface area (Å²) >= 11 is 1.36. The molecule has 7 heteroatoms. The van der Waals surface area contributed by atoms with Crippen molar-refractivity contribution in [3.63, 3.8) is 0 Å². The topological polar surface area (TPSA) is 87.8 Å². The van der Waals surface area contributed by atoms with Gasteiger partial charge in [-0.3, -0.25) is 14.2 Å². The van der Waals surface area contributed by atoms with Gasteiger partial charge in [-0.15, -0.1) is 11.3 Å². The minimum absolute atomic E-state index is 0.206. The molecule has 5 rings (SSSR count). The number of nitriles is 1. The first-order chi connectivity index (χ1) is 17.1. The molecule has 0 fully saturated rings. The van der Waals surface area contributed by atoms with Gasteiger partial charge in [-0.2, -0.15) is 5.26 Å². The van der Waals surface area contributed by atoms with Gasteiger partial charge in [0.15, 0.2) is 0 Å². The van der Waals surface area contributed by atoms with Gasteiger partial charge in [0.25, 0.3) is 11.5 Å². The average Bonchev–Trinajstić information content (AvgIpc) is 3.43. The highest BCUT2D eigenvalue weighted by molar-refractivity contribution is 7.12. The zero-order valence-electron chi connectivity index (χ0n) is 18.4. The van der Waals surface area contributed by atoms with E-state index in [9.17, 15) is 9.59 Å². The van der Waals surface area contributed by atoms with Crippen molar-refractivity contribution in [2.24, 2.45) is 0 Å². The Morgan fingerprint density at radius 3 is 2.57 bits per heavy atom. The molecule has 0 atom stereocenters. The standard InChI is InChI=1S/C28H18N4O2S/c29-18-20-12-10-19(11-13-20)14-15-26-31-24-8-2-1-7-23(24)28(34)32(26)22-6-3-5-21(17-22)30-27(33)25-9-4-16-35-25/h1-17H,(H,30,33)/b15-14+. The summed E-state index contributed by atoms with van der Waals surface area (Å²) in [5.41, 5.74) is 2.98. The van der Waals surface area contributed by atoms with E-state index in [0.29, 0.717) is 38.5 Å². The van der Waals surface area contributed by atoms with Gasteiger partial charge >= 0.3 is 0 Å². The second kappa shape index (κ2) is 9.59. The molecule has 5 aromatic rings. The van der Waals surface area contributed by atoms with Gasteiger partial charge in [0.1, 0.15) is 5.82 Å². The van der Waals surface area contributed by atoms with Crippen molar-refractivity contribution in [3.05, 3.63) is 122 Å². The van der Waals surface area contributed by atoms with E-state index in [1.165, 1.54) is 15.9 Å². The third-order valence-corrected chi connectivity index (χ3v) is 6.24. The first kappa shape index (κ1) is 22.0. The molecule has 0 bridgehead atoms. The molecule has 1 amide bonds. The molecule has 0 spiro atoms. The van der Waals surface area contributed by atoms with Crippen LogP contribution in [0.5, 0.6) is 0 Å². The highest BCUT2D eigenvalue weighted by Gasteiger charge is 2.13. The zero-order valence-corrected chi connectivity index (χ0v) is 19.2. The molecule has 0 saturated carbocycles. The summed E-state index contributed by atoms with van der Waals surface area (Å²) in [4.78, 5) is 31.4. The number of para-hydroxylation sites is 1. The molecule has 2 aromatic heterocycles. The molecule has 35 heavy (non-hydrogen) atoms. The van der Waals surface area contributed by atoms with Gasteiger partial charge in [0.2, 0.25) is 0 Å². The van der Waals surface area contributed by atoms with Crippen molar-refractivity contribution in [1.82, 2.24) is 9.55 Å². The van der Waals surface area contributed by atoms with Crippen molar-refractivity contribution in [2.45, 2.75) is 0 Å². The van der Waals surface area contributed by atoms with Crippen molar-refractivity contribution >= 4 is 46.0 Å². The number of anilines is 1. The lowest BCUT2D eigenvalue weighted by Gasteiger charge is -2.13. The number of fused-ring (bicyclic) bond motifs is 1. The van der Waals surface area contributed by atoms with Crippen molar-refractivity contribution in [3.8, 4) is 11.8 Å². The second-order valence-corrected chi connectivity index (χ2v) is 8.62. The van der Waals surface area contributed by atoms with Crippen LogP contribution in [0.1, 0.15) is 26.6 Å². The predicted octanol–water partition coefficient (Wildman–Crippen LogP) is 5.74. The monoisotopic (exact) mass is 474 g/mol. The number of nitrogens with one attached hydrogen (secondary N) is 1. The van der Waals surface area contributed by atoms with Crippen molar-refractivity contribution in [2.75, 3.05) is 5.32 Å². The Morgan fingerprint density at radius 1 is 0.971 bits per heavy atom. The van der Waals surface area contributed by atoms with Crippen LogP contribution in [0.4, 0.5) is 5.69 Å². The van der Waals surface area contributed by atoms with E-state index in [-0.39, 0.29) is 11.5 Å². The molecule has 0 unspecified atom stereocenters. The number of carbonyl (C=O) groups is 1. The number of benzene rings is 3. The Labute approximate surface area is 205 Å². The Hall–Kier alpha value is -4.80. The van der Waals surface area contributed by atoms with E-state index in [1.807, 2.05) is 35.7 Å². The first-order valence-electron chi connectivity index (χ1n) is 10.8. The summed E-state index contributed by atoms with van der Waals surface area (Å²) in [6.45, 7) is 0.